The molecule has 0 aliphatic carbocycles. The van der Waals surface area contributed by atoms with Crippen molar-refractivity contribution in [2.75, 3.05) is 24.0 Å². The number of aryl methyl sites for hydroxylation is 1. The fourth-order valence-corrected chi connectivity index (χ4v) is 3.19. The maximum absolute atomic E-state index is 12.3. The highest BCUT2D eigenvalue weighted by molar-refractivity contribution is 9.10. The molecule has 0 radical (unpaired) electrons. The maximum atomic E-state index is 12.3. The molecule has 31 heavy (non-hydrogen) atoms. The van der Waals surface area contributed by atoms with Crippen molar-refractivity contribution in [3.8, 4) is 11.5 Å². The van der Waals surface area contributed by atoms with E-state index >= 15 is 0 Å². The molecule has 3 aromatic carbocycles. The molecule has 0 bridgehead atoms. The van der Waals surface area contributed by atoms with Crippen molar-refractivity contribution in [1.82, 2.24) is 0 Å². The van der Waals surface area contributed by atoms with Gasteiger partial charge in [0.15, 0.2) is 18.1 Å². The number of rotatable bonds is 9. The zero-order chi connectivity index (χ0) is 22.1. The average Bonchev–Trinajstić information content (AvgIpc) is 2.77. The Morgan fingerprint density at radius 3 is 2.48 bits per heavy atom. The number of hydrogen-bond donors (Lipinski definition) is 2. The summed E-state index contributed by atoms with van der Waals surface area (Å²) in [6.07, 6.45) is 1.69. The first-order chi connectivity index (χ1) is 15.1. The van der Waals surface area contributed by atoms with E-state index in [0.717, 1.165) is 27.0 Å². The zero-order valence-corrected chi connectivity index (χ0v) is 19.0. The van der Waals surface area contributed by atoms with Crippen LogP contribution < -0.4 is 20.2 Å². The Morgan fingerprint density at radius 2 is 1.74 bits per heavy atom. The number of carbonyl (C=O) groups is 1. The quantitative estimate of drug-likeness (QED) is 0.307. The molecule has 0 aliphatic rings. The molecule has 6 nitrogen and oxygen atoms in total. The number of hydrazone groups is 1. The fraction of sp³-hybridized carbons (Fsp3) is 0.167. The lowest BCUT2D eigenvalue weighted by atomic mass is 10.2. The van der Waals surface area contributed by atoms with Crippen LogP contribution in [0.4, 0.5) is 11.4 Å². The van der Waals surface area contributed by atoms with Gasteiger partial charge in [0.1, 0.15) is 0 Å². The van der Waals surface area contributed by atoms with E-state index in [1.807, 2.05) is 74.5 Å². The van der Waals surface area contributed by atoms with E-state index in [1.165, 1.54) is 0 Å². The molecule has 0 spiro atoms. The molecule has 2 N–H and O–H groups in total. The molecule has 0 saturated heterocycles. The molecule has 3 aromatic rings. The van der Waals surface area contributed by atoms with E-state index in [9.17, 15) is 4.79 Å². The lowest BCUT2D eigenvalue weighted by Gasteiger charge is -2.14. The van der Waals surface area contributed by atoms with Gasteiger partial charge in [-0.15, -0.1) is 0 Å². The lowest BCUT2D eigenvalue weighted by molar-refractivity contribution is -0.118. The molecule has 0 atom stereocenters. The number of amides is 1. The Labute approximate surface area is 190 Å². The zero-order valence-electron chi connectivity index (χ0n) is 17.4. The van der Waals surface area contributed by atoms with E-state index in [0.29, 0.717) is 18.1 Å². The second-order valence-corrected chi connectivity index (χ2v) is 7.50. The molecule has 3 rings (SSSR count). The summed E-state index contributed by atoms with van der Waals surface area (Å²) >= 11 is 3.53. The summed E-state index contributed by atoms with van der Waals surface area (Å²) < 4.78 is 12.2. The van der Waals surface area contributed by atoms with Crippen molar-refractivity contribution >= 4 is 39.4 Å². The van der Waals surface area contributed by atoms with Gasteiger partial charge in [-0.1, -0.05) is 36.4 Å². The monoisotopic (exact) mass is 481 g/mol. The van der Waals surface area contributed by atoms with Crippen LogP contribution in [0.3, 0.4) is 0 Å². The van der Waals surface area contributed by atoms with Crippen molar-refractivity contribution in [2.45, 2.75) is 13.8 Å². The molecule has 0 heterocycles. The van der Waals surface area contributed by atoms with Gasteiger partial charge in [-0.3, -0.25) is 10.2 Å². The van der Waals surface area contributed by atoms with Crippen molar-refractivity contribution in [2.24, 2.45) is 5.10 Å². The van der Waals surface area contributed by atoms with E-state index in [-0.39, 0.29) is 12.5 Å². The standard InChI is InChI=1S/C24H24BrN3O3/c1-3-30-22-13-18(15-26-28-19-10-5-4-6-11-19)20(25)14-23(22)31-16-24(29)27-21-12-8-7-9-17(21)2/h4-15,28H,3,16H2,1-2H3,(H,27,29). The third-order valence-electron chi connectivity index (χ3n) is 4.31. The molecule has 0 aromatic heterocycles. The number of para-hydroxylation sites is 2. The number of benzene rings is 3. The van der Waals surface area contributed by atoms with E-state index in [1.54, 1.807) is 12.3 Å². The highest BCUT2D eigenvalue weighted by atomic mass is 79.9. The molecule has 1 amide bonds. The van der Waals surface area contributed by atoms with Crippen LogP contribution in [0.2, 0.25) is 0 Å². The number of nitrogens with zero attached hydrogens (tertiary/aromatic N) is 1. The van der Waals surface area contributed by atoms with Gasteiger partial charge in [0.25, 0.3) is 5.91 Å². The third kappa shape index (κ3) is 6.58. The Bertz CT molecular complexity index is 1060. The normalized spacial score (nSPS) is 10.7. The van der Waals surface area contributed by atoms with Gasteiger partial charge in [-0.05, 0) is 65.7 Å². The number of halogens is 1. The summed E-state index contributed by atoms with van der Waals surface area (Å²) in [6.45, 7) is 4.16. The number of ether oxygens (including phenoxy) is 2. The van der Waals surface area contributed by atoms with Crippen molar-refractivity contribution in [3.05, 3.63) is 82.3 Å². The predicted molar refractivity (Wildman–Crippen MR) is 128 cm³/mol. The summed E-state index contributed by atoms with van der Waals surface area (Å²) in [7, 11) is 0. The van der Waals surface area contributed by atoms with Crippen LogP contribution in [0.25, 0.3) is 0 Å². The first-order valence-electron chi connectivity index (χ1n) is 9.85. The summed E-state index contributed by atoms with van der Waals surface area (Å²) in [5, 5.41) is 7.12. The fourth-order valence-electron chi connectivity index (χ4n) is 2.76. The van der Waals surface area contributed by atoms with E-state index in [2.05, 4.69) is 31.8 Å². The third-order valence-corrected chi connectivity index (χ3v) is 5.00. The number of hydrogen-bond acceptors (Lipinski definition) is 5. The van der Waals surface area contributed by atoms with Crippen molar-refractivity contribution < 1.29 is 14.3 Å². The summed E-state index contributed by atoms with van der Waals surface area (Å²) in [6, 6.07) is 20.8. The maximum Gasteiger partial charge on any atom is 0.262 e. The van der Waals surface area contributed by atoms with Crippen molar-refractivity contribution in [3.63, 3.8) is 0 Å². The SMILES string of the molecule is CCOc1cc(C=NNc2ccccc2)c(Br)cc1OCC(=O)Nc1ccccc1C. The van der Waals surface area contributed by atoms with Crippen LogP contribution in [0.5, 0.6) is 11.5 Å². The Hall–Kier alpha value is -3.32. The molecule has 160 valence electrons. The van der Waals surface area contributed by atoms with Gasteiger partial charge in [-0.25, -0.2) is 0 Å². The summed E-state index contributed by atoms with van der Waals surface area (Å²) in [4.78, 5) is 12.3. The Kier molecular flexibility index (Phi) is 8.06. The molecule has 0 unspecified atom stereocenters. The minimum Gasteiger partial charge on any atom is -0.490 e. The minimum atomic E-state index is -0.245. The van der Waals surface area contributed by atoms with Gasteiger partial charge >= 0.3 is 0 Å². The van der Waals surface area contributed by atoms with Gasteiger partial charge < -0.3 is 14.8 Å². The van der Waals surface area contributed by atoms with Gasteiger partial charge in [-0.2, -0.15) is 5.10 Å². The summed E-state index contributed by atoms with van der Waals surface area (Å²) in [5.74, 6) is 0.767. The predicted octanol–water partition coefficient (Wildman–Crippen LogP) is 5.62. The highest BCUT2D eigenvalue weighted by Gasteiger charge is 2.12. The second kappa shape index (κ2) is 11.2. The number of carbonyl (C=O) groups excluding carboxylic acids is 1. The Balaban J connectivity index is 1.68. The molecule has 0 saturated carbocycles. The van der Waals surface area contributed by atoms with Crippen molar-refractivity contribution in [1.29, 1.82) is 0 Å². The van der Waals surface area contributed by atoms with Crippen LogP contribution in [-0.4, -0.2) is 25.3 Å². The lowest BCUT2D eigenvalue weighted by Crippen LogP contribution is -2.21. The largest absolute Gasteiger partial charge is 0.490 e. The number of nitrogens with one attached hydrogen (secondary N) is 2. The van der Waals surface area contributed by atoms with Crippen LogP contribution in [0.15, 0.2) is 76.3 Å². The van der Waals surface area contributed by atoms with Crippen LogP contribution in [0, 0.1) is 6.92 Å². The van der Waals surface area contributed by atoms with Crippen LogP contribution >= 0.6 is 15.9 Å². The molecule has 7 heteroatoms. The smallest absolute Gasteiger partial charge is 0.262 e. The van der Waals surface area contributed by atoms with E-state index < -0.39 is 0 Å². The topological polar surface area (TPSA) is 71.9 Å². The molecule has 0 aliphatic heterocycles. The van der Waals surface area contributed by atoms with Gasteiger partial charge in [0.05, 0.1) is 18.5 Å². The molecular weight excluding hydrogens is 458 g/mol. The second-order valence-electron chi connectivity index (χ2n) is 6.64. The van der Waals surface area contributed by atoms with Gasteiger partial charge in [0, 0.05) is 15.7 Å². The Morgan fingerprint density at radius 1 is 1.03 bits per heavy atom. The molecular formula is C24H24BrN3O3. The first-order valence-corrected chi connectivity index (χ1v) is 10.6. The van der Waals surface area contributed by atoms with Crippen LogP contribution in [-0.2, 0) is 4.79 Å². The average molecular weight is 482 g/mol. The first kappa shape index (κ1) is 22.4. The van der Waals surface area contributed by atoms with Crippen LogP contribution in [0.1, 0.15) is 18.1 Å². The summed E-state index contributed by atoms with van der Waals surface area (Å²) in [5.41, 5.74) is 6.43. The van der Waals surface area contributed by atoms with E-state index in [4.69, 9.17) is 9.47 Å². The molecule has 0 fully saturated rings. The van der Waals surface area contributed by atoms with Gasteiger partial charge in [0.2, 0.25) is 0 Å². The number of anilines is 2. The minimum absolute atomic E-state index is 0.135. The highest BCUT2D eigenvalue weighted by Crippen LogP contribution is 2.33.